The average molecular weight is 652 g/mol. The van der Waals surface area contributed by atoms with E-state index in [2.05, 4.69) is 27.0 Å². The summed E-state index contributed by atoms with van der Waals surface area (Å²) in [6.07, 6.45) is 4.47. The first kappa shape index (κ1) is 30.9. The molecule has 7 rings (SSSR count). The number of anilines is 1. The highest BCUT2D eigenvalue weighted by molar-refractivity contribution is 6.35. The lowest BCUT2D eigenvalue weighted by molar-refractivity contribution is -0.130. The number of carbonyl (C=O) groups excluding carboxylic acids is 1. The van der Waals surface area contributed by atoms with Gasteiger partial charge in [-0.2, -0.15) is 5.26 Å². The number of nitrogens with zero attached hydrogens (tertiary/aromatic N) is 7. The largest absolute Gasteiger partial charge is 0.496 e. The summed E-state index contributed by atoms with van der Waals surface area (Å²) in [4.78, 5) is 28.5. The zero-order valence-electron chi connectivity index (χ0n) is 26.6. The molecule has 1 amide bonds. The predicted molar refractivity (Wildman–Crippen MR) is 183 cm³/mol. The summed E-state index contributed by atoms with van der Waals surface area (Å²) in [6.45, 7) is 5.58. The Morgan fingerprint density at radius 1 is 1.19 bits per heavy atom. The van der Waals surface area contributed by atoms with Gasteiger partial charge in [-0.05, 0) is 55.9 Å². The minimum absolute atomic E-state index is 0.0868. The topological polar surface area (TPSA) is 90.5 Å². The van der Waals surface area contributed by atoms with Crippen molar-refractivity contribution in [2.75, 3.05) is 45.7 Å². The van der Waals surface area contributed by atoms with E-state index in [1.807, 2.05) is 50.5 Å². The Morgan fingerprint density at radius 3 is 2.70 bits per heavy atom. The number of rotatable bonds is 7. The quantitative estimate of drug-likeness (QED) is 0.184. The average Bonchev–Trinajstić information content (AvgIpc) is 3.50. The minimum atomic E-state index is -0.531. The molecule has 2 aromatic heterocycles. The molecule has 2 fully saturated rings. The van der Waals surface area contributed by atoms with Gasteiger partial charge in [0.15, 0.2) is 11.6 Å². The van der Waals surface area contributed by atoms with E-state index >= 15 is 4.39 Å². The molecular weight excluding hydrogens is 617 g/mol. The van der Waals surface area contributed by atoms with Gasteiger partial charge in [0.1, 0.15) is 16.8 Å². The SMILES string of the molecule is C=CC(=O)N1CCC(n2cnc3c(N4CC(N(C)C)C4)nc4c(F)c(-c5c(OC)ccc6ccccc56)c(Cl)cc4c32)CC1CC#N. The summed E-state index contributed by atoms with van der Waals surface area (Å²) < 4.78 is 25.0. The van der Waals surface area contributed by atoms with Gasteiger partial charge in [-0.15, -0.1) is 0 Å². The number of imidazole rings is 1. The van der Waals surface area contributed by atoms with Crippen molar-refractivity contribution < 1.29 is 13.9 Å². The van der Waals surface area contributed by atoms with Crippen LogP contribution in [0.4, 0.5) is 10.2 Å². The number of amides is 1. The van der Waals surface area contributed by atoms with Crippen molar-refractivity contribution in [1.82, 2.24) is 24.3 Å². The number of benzene rings is 3. The number of piperidine rings is 1. The van der Waals surface area contributed by atoms with Gasteiger partial charge >= 0.3 is 0 Å². The second-order valence-electron chi connectivity index (χ2n) is 12.5. The number of pyridine rings is 1. The number of likely N-dealkylation sites (N-methyl/N-ethyl adjacent to an activating group) is 1. The molecule has 0 saturated carbocycles. The fraction of sp³-hybridized carbons (Fsp3) is 0.333. The van der Waals surface area contributed by atoms with E-state index in [9.17, 15) is 10.1 Å². The van der Waals surface area contributed by atoms with Gasteiger partial charge < -0.3 is 24.0 Å². The van der Waals surface area contributed by atoms with Gasteiger partial charge in [-0.1, -0.05) is 48.5 Å². The number of ether oxygens (including phenoxy) is 1. The number of halogens is 2. The molecule has 5 aromatic rings. The molecule has 3 aromatic carbocycles. The number of hydrogen-bond acceptors (Lipinski definition) is 7. The highest BCUT2D eigenvalue weighted by Crippen LogP contribution is 2.46. The molecule has 47 heavy (non-hydrogen) atoms. The van der Waals surface area contributed by atoms with Crippen molar-refractivity contribution in [3.8, 4) is 22.9 Å². The van der Waals surface area contributed by atoms with E-state index in [1.54, 1.807) is 24.4 Å². The standard InChI is InChI=1S/C36H35ClFN7O2/c1-5-29(46)44-15-13-23(16-22(44)12-14-39)45-20-40-34-35(45)26-17-27(37)31(30-25-9-7-6-8-21(25)10-11-28(30)47-4)32(38)33(26)41-36(34)43-18-24(19-43)42(2)3/h5-11,17,20,22-24H,1,12-13,15-16,18-19H2,2-4H3. The molecule has 0 N–H and O–H groups in total. The molecule has 11 heteroatoms. The lowest BCUT2D eigenvalue weighted by atomic mass is 9.94. The van der Waals surface area contributed by atoms with E-state index in [0.717, 1.165) is 29.4 Å². The molecule has 0 bridgehead atoms. The zero-order valence-corrected chi connectivity index (χ0v) is 27.3. The Labute approximate surface area is 277 Å². The highest BCUT2D eigenvalue weighted by Gasteiger charge is 2.36. The van der Waals surface area contributed by atoms with Gasteiger partial charge in [0.05, 0.1) is 36.5 Å². The van der Waals surface area contributed by atoms with Gasteiger partial charge in [0.25, 0.3) is 0 Å². The number of aromatic nitrogens is 3. The number of likely N-dealkylation sites (tertiary alicyclic amines) is 1. The van der Waals surface area contributed by atoms with Crippen LogP contribution in [0.3, 0.4) is 0 Å². The number of carbonyl (C=O) groups is 1. The molecule has 240 valence electrons. The first-order chi connectivity index (χ1) is 22.7. The predicted octanol–water partition coefficient (Wildman–Crippen LogP) is 6.59. The molecular formula is C36H35ClFN7O2. The van der Waals surface area contributed by atoms with Crippen LogP contribution in [0.25, 0.3) is 43.8 Å². The smallest absolute Gasteiger partial charge is 0.246 e. The van der Waals surface area contributed by atoms with Crippen LogP contribution in [0.2, 0.25) is 5.02 Å². The Kier molecular flexibility index (Phi) is 7.98. The molecule has 2 saturated heterocycles. The molecule has 9 nitrogen and oxygen atoms in total. The molecule has 2 atom stereocenters. The van der Waals surface area contributed by atoms with Crippen LogP contribution in [0, 0.1) is 17.1 Å². The summed E-state index contributed by atoms with van der Waals surface area (Å²) >= 11 is 7.05. The molecule has 2 unspecified atom stereocenters. The maximum Gasteiger partial charge on any atom is 0.246 e. The number of methoxy groups -OCH3 is 1. The number of hydrogen-bond donors (Lipinski definition) is 0. The fourth-order valence-corrected chi connectivity index (χ4v) is 7.48. The van der Waals surface area contributed by atoms with Crippen LogP contribution in [-0.2, 0) is 4.79 Å². The van der Waals surface area contributed by atoms with Crippen molar-refractivity contribution in [3.05, 3.63) is 72.3 Å². The molecule has 0 aliphatic carbocycles. The monoisotopic (exact) mass is 651 g/mol. The molecule has 0 radical (unpaired) electrons. The first-order valence-electron chi connectivity index (χ1n) is 15.7. The van der Waals surface area contributed by atoms with E-state index < -0.39 is 5.82 Å². The van der Waals surface area contributed by atoms with Crippen molar-refractivity contribution in [2.45, 2.75) is 37.4 Å². The van der Waals surface area contributed by atoms with E-state index in [0.29, 0.717) is 53.5 Å². The maximum atomic E-state index is 17.2. The van der Waals surface area contributed by atoms with Gasteiger partial charge in [0, 0.05) is 54.3 Å². The van der Waals surface area contributed by atoms with Crippen molar-refractivity contribution in [3.63, 3.8) is 0 Å². The van der Waals surface area contributed by atoms with E-state index in [-0.39, 0.29) is 40.5 Å². The van der Waals surface area contributed by atoms with E-state index in [1.165, 1.54) is 6.08 Å². The summed E-state index contributed by atoms with van der Waals surface area (Å²) in [5.74, 6) is 0.413. The van der Waals surface area contributed by atoms with Crippen molar-refractivity contribution >= 4 is 56.0 Å². The minimum Gasteiger partial charge on any atom is -0.496 e. The van der Waals surface area contributed by atoms with Gasteiger partial charge in [-0.3, -0.25) is 4.79 Å². The lowest BCUT2D eigenvalue weighted by Crippen LogP contribution is -2.57. The lowest BCUT2D eigenvalue weighted by Gasteiger charge is -2.43. The number of fused-ring (bicyclic) bond motifs is 4. The number of nitriles is 1. The molecule has 0 spiro atoms. The zero-order chi connectivity index (χ0) is 33.0. The second kappa shape index (κ2) is 12.1. The van der Waals surface area contributed by atoms with Crippen LogP contribution in [0.5, 0.6) is 5.75 Å². The van der Waals surface area contributed by atoms with Crippen molar-refractivity contribution in [1.29, 1.82) is 5.26 Å². The van der Waals surface area contributed by atoms with Crippen LogP contribution in [-0.4, -0.2) is 83.2 Å². The Hall–Kier alpha value is -4.72. The Bertz CT molecular complexity index is 2100. The van der Waals surface area contributed by atoms with Crippen LogP contribution < -0.4 is 9.64 Å². The summed E-state index contributed by atoms with van der Waals surface area (Å²) in [5, 5.41) is 12.1. The first-order valence-corrected chi connectivity index (χ1v) is 16.1. The molecule has 4 heterocycles. The Morgan fingerprint density at radius 2 is 1.98 bits per heavy atom. The van der Waals surface area contributed by atoms with Gasteiger partial charge in [0.2, 0.25) is 5.91 Å². The third-order valence-corrected chi connectivity index (χ3v) is 10.1. The summed E-state index contributed by atoms with van der Waals surface area (Å²) in [7, 11) is 5.66. The molecule has 2 aliphatic heterocycles. The summed E-state index contributed by atoms with van der Waals surface area (Å²) in [6, 6.07) is 15.5. The normalized spacial score (nSPS) is 18.6. The van der Waals surface area contributed by atoms with Crippen LogP contribution in [0.1, 0.15) is 25.3 Å². The third-order valence-electron chi connectivity index (χ3n) is 9.79. The second-order valence-corrected chi connectivity index (χ2v) is 13.0. The third kappa shape index (κ3) is 5.05. The fourth-order valence-electron chi connectivity index (χ4n) is 7.20. The Balaban J connectivity index is 1.45. The van der Waals surface area contributed by atoms with Crippen LogP contribution >= 0.6 is 11.6 Å². The van der Waals surface area contributed by atoms with E-state index in [4.69, 9.17) is 26.3 Å². The highest BCUT2D eigenvalue weighted by atomic mass is 35.5. The molecule has 2 aliphatic rings. The van der Waals surface area contributed by atoms with Gasteiger partial charge in [-0.25, -0.2) is 14.4 Å². The summed E-state index contributed by atoms with van der Waals surface area (Å²) in [5.41, 5.74) is 2.41. The van der Waals surface area contributed by atoms with Crippen LogP contribution in [0.15, 0.2) is 61.4 Å². The maximum absolute atomic E-state index is 17.2. The van der Waals surface area contributed by atoms with Crippen molar-refractivity contribution in [2.24, 2.45) is 0 Å².